The van der Waals surface area contributed by atoms with Gasteiger partial charge in [-0.1, -0.05) is 0 Å². The molecule has 1 aliphatic rings. The summed E-state index contributed by atoms with van der Waals surface area (Å²) in [7, 11) is 0. The Morgan fingerprint density at radius 1 is 1.30 bits per heavy atom. The van der Waals surface area contributed by atoms with Gasteiger partial charge in [0, 0.05) is 37.8 Å². The summed E-state index contributed by atoms with van der Waals surface area (Å²) in [6.45, 7) is 3.35. The van der Waals surface area contributed by atoms with Gasteiger partial charge in [0.15, 0.2) is 0 Å². The topological polar surface area (TPSA) is 41.3 Å². The molecule has 3 rings (SSSR count). The van der Waals surface area contributed by atoms with E-state index in [-0.39, 0.29) is 0 Å². The molecule has 0 amide bonds. The minimum atomic E-state index is 0.306. The number of aliphatic hydroxyl groups excluding tert-OH is 1. The van der Waals surface area contributed by atoms with Crippen LogP contribution < -0.4 is 0 Å². The van der Waals surface area contributed by atoms with Crippen molar-refractivity contribution in [3.63, 3.8) is 0 Å². The third-order valence-corrected chi connectivity index (χ3v) is 4.00. The highest BCUT2D eigenvalue weighted by atomic mass is 16.3. The fourth-order valence-electron chi connectivity index (χ4n) is 2.97. The lowest BCUT2D eigenvalue weighted by molar-refractivity contribution is 0.114. The van der Waals surface area contributed by atoms with Crippen LogP contribution in [0.5, 0.6) is 0 Å². The van der Waals surface area contributed by atoms with E-state index in [0.29, 0.717) is 12.5 Å². The first-order valence-corrected chi connectivity index (χ1v) is 7.26. The number of nitrogens with zero attached hydrogens (tertiary/aromatic N) is 3. The summed E-state index contributed by atoms with van der Waals surface area (Å²) in [4.78, 5) is 6.62. The van der Waals surface area contributed by atoms with Crippen LogP contribution in [0.4, 0.5) is 0 Å². The van der Waals surface area contributed by atoms with E-state index in [9.17, 15) is 5.11 Å². The summed E-state index contributed by atoms with van der Waals surface area (Å²) in [5.41, 5.74) is 2.37. The van der Waals surface area contributed by atoms with Crippen LogP contribution in [0.2, 0.25) is 0 Å². The van der Waals surface area contributed by atoms with Crippen LogP contribution in [0.25, 0.3) is 5.69 Å². The van der Waals surface area contributed by atoms with Crippen molar-refractivity contribution in [1.29, 1.82) is 0 Å². The highest BCUT2D eigenvalue weighted by molar-refractivity contribution is 5.32. The molecule has 0 unspecified atom stereocenters. The summed E-state index contributed by atoms with van der Waals surface area (Å²) in [6, 6.07) is 8.27. The van der Waals surface area contributed by atoms with Crippen LogP contribution in [0.15, 0.2) is 42.9 Å². The number of hydrogen-bond acceptors (Lipinski definition) is 3. The van der Waals surface area contributed by atoms with Crippen LogP contribution in [0, 0.1) is 5.92 Å². The number of rotatable bonds is 4. The second kappa shape index (κ2) is 6.20. The first kappa shape index (κ1) is 13.3. The monoisotopic (exact) mass is 271 g/mol. The molecule has 0 bridgehead atoms. The van der Waals surface area contributed by atoms with Gasteiger partial charge in [-0.3, -0.25) is 9.88 Å². The Bertz CT molecular complexity index is 538. The van der Waals surface area contributed by atoms with E-state index in [4.69, 9.17) is 0 Å². The molecule has 1 N–H and O–H groups in total. The second-order valence-corrected chi connectivity index (χ2v) is 5.51. The van der Waals surface area contributed by atoms with Crippen LogP contribution >= 0.6 is 0 Å². The Kier molecular flexibility index (Phi) is 4.14. The molecule has 1 saturated heterocycles. The minimum Gasteiger partial charge on any atom is -0.396 e. The lowest BCUT2D eigenvalue weighted by Crippen LogP contribution is -2.36. The molecule has 0 saturated carbocycles. The Hall–Kier alpha value is -1.65. The molecule has 4 nitrogen and oxygen atoms in total. The number of pyridine rings is 1. The van der Waals surface area contributed by atoms with Gasteiger partial charge < -0.3 is 9.67 Å². The lowest BCUT2D eigenvalue weighted by atomic mass is 9.99. The predicted octanol–water partition coefficient (Wildman–Crippen LogP) is 2.08. The number of piperidine rings is 1. The average Bonchev–Trinajstić information content (AvgIpc) is 2.96. The molecule has 2 aromatic rings. The van der Waals surface area contributed by atoms with Gasteiger partial charge in [0.1, 0.15) is 0 Å². The van der Waals surface area contributed by atoms with Crippen LogP contribution in [-0.2, 0) is 6.54 Å². The Morgan fingerprint density at radius 3 is 3.05 bits per heavy atom. The average molecular weight is 271 g/mol. The van der Waals surface area contributed by atoms with Gasteiger partial charge in [-0.25, -0.2) is 0 Å². The van der Waals surface area contributed by atoms with Crippen molar-refractivity contribution in [2.75, 3.05) is 19.7 Å². The molecule has 0 aromatic carbocycles. The predicted molar refractivity (Wildman–Crippen MR) is 78.7 cm³/mol. The number of likely N-dealkylation sites (tertiary alicyclic amines) is 1. The number of hydrogen-bond donors (Lipinski definition) is 1. The van der Waals surface area contributed by atoms with Crippen molar-refractivity contribution >= 4 is 0 Å². The van der Waals surface area contributed by atoms with Gasteiger partial charge in [-0.2, -0.15) is 0 Å². The van der Waals surface area contributed by atoms with Crippen LogP contribution in [0.3, 0.4) is 0 Å². The van der Waals surface area contributed by atoms with Crippen LogP contribution in [-0.4, -0.2) is 39.3 Å². The van der Waals surface area contributed by atoms with E-state index in [1.54, 1.807) is 6.20 Å². The molecule has 0 spiro atoms. The molecule has 0 radical (unpaired) electrons. The molecule has 0 aliphatic carbocycles. The molecule has 106 valence electrons. The van der Waals surface area contributed by atoms with Crippen molar-refractivity contribution < 1.29 is 5.11 Å². The van der Waals surface area contributed by atoms with E-state index in [2.05, 4.69) is 38.8 Å². The van der Waals surface area contributed by atoms with Gasteiger partial charge in [0.25, 0.3) is 0 Å². The molecular weight excluding hydrogens is 250 g/mol. The lowest BCUT2D eigenvalue weighted by Gasteiger charge is -2.31. The highest BCUT2D eigenvalue weighted by Crippen LogP contribution is 2.19. The molecular formula is C16H21N3O. The summed E-state index contributed by atoms with van der Waals surface area (Å²) in [6.07, 6.45) is 8.09. The van der Waals surface area contributed by atoms with Crippen molar-refractivity contribution in [3.8, 4) is 5.69 Å². The first-order chi connectivity index (χ1) is 9.86. The fraction of sp³-hybridized carbons (Fsp3) is 0.438. The van der Waals surface area contributed by atoms with Gasteiger partial charge in [0.2, 0.25) is 0 Å². The first-order valence-electron chi connectivity index (χ1n) is 7.26. The van der Waals surface area contributed by atoms with Gasteiger partial charge in [-0.15, -0.1) is 0 Å². The molecule has 1 aliphatic heterocycles. The van der Waals surface area contributed by atoms with Gasteiger partial charge in [0.05, 0.1) is 11.9 Å². The number of aromatic nitrogens is 2. The largest absolute Gasteiger partial charge is 0.396 e. The Labute approximate surface area is 119 Å². The maximum atomic E-state index is 9.33. The SMILES string of the molecule is OC[C@@H]1CCCN(Cc2cccn2-c2cccnc2)C1. The fourth-order valence-corrected chi connectivity index (χ4v) is 2.97. The van der Waals surface area contributed by atoms with E-state index in [1.165, 1.54) is 12.1 Å². The third kappa shape index (κ3) is 2.92. The van der Waals surface area contributed by atoms with Crippen molar-refractivity contribution in [1.82, 2.24) is 14.5 Å². The Balaban J connectivity index is 1.74. The van der Waals surface area contributed by atoms with E-state index in [1.807, 2.05) is 12.3 Å². The summed E-state index contributed by atoms with van der Waals surface area (Å²) < 4.78 is 2.19. The normalized spacial score (nSPS) is 20.1. The zero-order valence-electron chi connectivity index (χ0n) is 11.7. The zero-order chi connectivity index (χ0) is 13.8. The third-order valence-electron chi connectivity index (χ3n) is 4.00. The van der Waals surface area contributed by atoms with Gasteiger partial charge in [-0.05, 0) is 49.6 Å². The second-order valence-electron chi connectivity index (χ2n) is 5.51. The quantitative estimate of drug-likeness (QED) is 0.925. The molecule has 2 aromatic heterocycles. The van der Waals surface area contributed by atoms with E-state index in [0.717, 1.165) is 31.7 Å². The van der Waals surface area contributed by atoms with Crippen molar-refractivity contribution in [3.05, 3.63) is 48.5 Å². The molecule has 1 fully saturated rings. The van der Waals surface area contributed by atoms with Crippen LogP contribution in [0.1, 0.15) is 18.5 Å². The number of aliphatic hydroxyl groups is 1. The highest BCUT2D eigenvalue weighted by Gasteiger charge is 2.20. The standard InChI is InChI=1S/C16H21N3O/c20-13-14-4-2-8-18(11-14)12-16-6-3-9-19(16)15-5-1-7-17-10-15/h1,3,5-7,9-10,14,20H,2,4,8,11-13H2/t14-/m1/s1. The zero-order valence-corrected chi connectivity index (χ0v) is 11.7. The summed E-state index contributed by atoms with van der Waals surface area (Å²) in [5.74, 6) is 0.436. The molecule has 4 heteroatoms. The molecule has 3 heterocycles. The van der Waals surface area contributed by atoms with Crippen molar-refractivity contribution in [2.24, 2.45) is 5.92 Å². The maximum Gasteiger partial charge on any atom is 0.0636 e. The van der Waals surface area contributed by atoms with E-state index >= 15 is 0 Å². The maximum absolute atomic E-state index is 9.33. The smallest absolute Gasteiger partial charge is 0.0636 e. The molecule has 20 heavy (non-hydrogen) atoms. The van der Waals surface area contributed by atoms with E-state index < -0.39 is 0 Å². The minimum absolute atomic E-state index is 0.306. The molecule has 1 atom stereocenters. The van der Waals surface area contributed by atoms with Gasteiger partial charge >= 0.3 is 0 Å². The summed E-state index contributed by atoms with van der Waals surface area (Å²) in [5, 5.41) is 9.33. The van der Waals surface area contributed by atoms with Crippen molar-refractivity contribution in [2.45, 2.75) is 19.4 Å². The summed E-state index contributed by atoms with van der Waals surface area (Å²) >= 11 is 0. The Morgan fingerprint density at radius 2 is 2.25 bits per heavy atom.